The SMILES string of the molecule is CCc1cc(C)cc(CC)c1NC(C)=O. The number of aryl methyl sites for hydroxylation is 3. The van der Waals surface area contributed by atoms with Crippen molar-refractivity contribution in [3.63, 3.8) is 0 Å². The normalized spacial score (nSPS) is 10.1. The van der Waals surface area contributed by atoms with E-state index >= 15 is 0 Å². The van der Waals surface area contributed by atoms with E-state index in [1.807, 2.05) is 0 Å². The van der Waals surface area contributed by atoms with E-state index in [-0.39, 0.29) is 5.91 Å². The van der Waals surface area contributed by atoms with E-state index in [2.05, 4.69) is 38.2 Å². The third-order valence-corrected chi connectivity index (χ3v) is 2.51. The lowest BCUT2D eigenvalue weighted by molar-refractivity contribution is -0.114. The second-order valence-electron chi connectivity index (χ2n) is 3.85. The minimum atomic E-state index is 0.00301. The van der Waals surface area contributed by atoms with Gasteiger partial charge in [-0.2, -0.15) is 0 Å². The largest absolute Gasteiger partial charge is 0.326 e. The van der Waals surface area contributed by atoms with Crippen LogP contribution in [-0.2, 0) is 17.6 Å². The average Bonchev–Trinajstić information content (AvgIpc) is 2.19. The molecule has 0 radical (unpaired) electrons. The number of hydrogen-bond acceptors (Lipinski definition) is 1. The molecule has 0 aromatic heterocycles. The molecule has 0 saturated heterocycles. The molecule has 0 saturated carbocycles. The number of anilines is 1. The van der Waals surface area contributed by atoms with Crippen LogP contribution in [0.1, 0.15) is 37.5 Å². The molecule has 0 aliphatic carbocycles. The molecule has 0 heterocycles. The molecule has 0 bridgehead atoms. The molecule has 15 heavy (non-hydrogen) atoms. The molecule has 1 aromatic rings. The molecule has 1 rings (SSSR count). The Hall–Kier alpha value is -1.31. The third-order valence-electron chi connectivity index (χ3n) is 2.51. The van der Waals surface area contributed by atoms with Gasteiger partial charge < -0.3 is 5.32 Å². The van der Waals surface area contributed by atoms with Crippen molar-refractivity contribution in [2.45, 2.75) is 40.5 Å². The lowest BCUT2D eigenvalue weighted by Gasteiger charge is -2.14. The van der Waals surface area contributed by atoms with Crippen molar-refractivity contribution < 1.29 is 4.79 Å². The van der Waals surface area contributed by atoms with Gasteiger partial charge in [-0.05, 0) is 30.9 Å². The summed E-state index contributed by atoms with van der Waals surface area (Å²) in [4.78, 5) is 11.1. The summed E-state index contributed by atoms with van der Waals surface area (Å²) >= 11 is 0. The minimum Gasteiger partial charge on any atom is -0.326 e. The summed E-state index contributed by atoms with van der Waals surface area (Å²) in [5, 5.41) is 2.93. The highest BCUT2D eigenvalue weighted by Crippen LogP contribution is 2.24. The van der Waals surface area contributed by atoms with Crippen LogP contribution in [-0.4, -0.2) is 5.91 Å². The fraction of sp³-hybridized carbons (Fsp3) is 0.462. The number of nitrogens with one attached hydrogen (secondary N) is 1. The molecule has 0 unspecified atom stereocenters. The first-order valence-corrected chi connectivity index (χ1v) is 5.48. The predicted octanol–water partition coefficient (Wildman–Crippen LogP) is 3.08. The lowest BCUT2D eigenvalue weighted by Crippen LogP contribution is -2.10. The van der Waals surface area contributed by atoms with Crippen LogP contribution in [0.5, 0.6) is 0 Å². The van der Waals surface area contributed by atoms with Gasteiger partial charge >= 0.3 is 0 Å². The van der Waals surface area contributed by atoms with Crippen LogP contribution in [0.25, 0.3) is 0 Å². The molecular formula is C13H19NO. The summed E-state index contributed by atoms with van der Waals surface area (Å²) in [6.07, 6.45) is 1.90. The molecular weight excluding hydrogens is 186 g/mol. The highest BCUT2D eigenvalue weighted by Gasteiger charge is 2.08. The first-order valence-electron chi connectivity index (χ1n) is 5.48. The van der Waals surface area contributed by atoms with Gasteiger partial charge in [-0.3, -0.25) is 4.79 Å². The first kappa shape index (κ1) is 11.8. The van der Waals surface area contributed by atoms with Crippen LogP contribution >= 0.6 is 0 Å². The van der Waals surface area contributed by atoms with Crippen molar-refractivity contribution in [2.24, 2.45) is 0 Å². The monoisotopic (exact) mass is 205 g/mol. The highest BCUT2D eigenvalue weighted by molar-refractivity contribution is 5.90. The van der Waals surface area contributed by atoms with Gasteiger partial charge in [0.2, 0.25) is 5.91 Å². The zero-order valence-electron chi connectivity index (χ0n) is 9.98. The Morgan fingerprint density at radius 1 is 1.20 bits per heavy atom. The van der Waals surface area contributed by atoms with Crippen LogP contribution in [0.4, 0.5) is 5.69 Å². The number of amides is 1. The van der Waals surface area contributed by atoms with Gasteiger partial charge in [-0.15, -0.1) is 0 Å². The van der Waals surface area contributed by atoms with Gasteiger partial charge in [-0.1, -0.05) is 31.5 Å². The lowest BCUT2D eigenvalue weighted by atomic mass is 9.99. The van der Waals surface area contributed by atoms with Gasteiger partial charge in [0.1, 0.15) is 0 Å². The highest BCUT2D eigenvalue weighted by atomic mass is 16.1. The van der Waals surface area contributed by atoms with Gasteiger partial charge in [0.05, 0.1) is 0 Å². The Balaban J connectivity index is 3.23. The third kappa shape index (κ3) is 2.82. The minimum absolute atomic E-state index is 0.00301. The number of carbonyl (C=O) groups is 1. The summed E-state index contributed by atoms with van der Waals surface area (Å²) in [7, 11) is 0. The number of benzene rings is 1. The molecule has 1 amide bonds. The molecule has 0 aliphatic rings. The summed E-state index contributed by atoms with van der Waals surface area (Å²) in [5.74, 6) is 0.00301. The van der Waals surface area contributed by atoms with Gasteiger partial charge in [-0.25, -0.2) is 0 Å². The first-order chi connectivity index (χ1) is 7.08. The van der Waals surface area contributed by atoms with E-state index in [1.165, 1.54) is 16.7 Å². The Morgan fingerprint density at radius 2 is 1.67 bits per heavy atom. The molecule has 1 aromatic carbocycles. The van der Waals surface area contributed by atoms with E-state index in [0.29, 0.717) is 0 Å². The van der Waals surface area contributed by atoms with Crippen molar-refractivity contribution in [2.75, 3.05) is 5.32 Å². The summed E-state index contributed by atoms with van der Waals surface area (Å²) < 4.78 is 0. The van der Waals surface area contributed by atoms with Crippen molar-refractivity contribution in [3.8, 4) is 0 Å². The van der Waals surface area contributed by atoms with Crippen LogP contribution < -0.4 is 5.32 Å². The zero-order valence-corrected chi connectivity index (χ0v) is 9.98. The van der Waals surface area contributed by atoms with Crippen LogP contribution in [0.15, 0.2) is 12.1 Å². The molecule has 0 atom stereocenters. The summed E-state index contributed by atoms with van der Waals surface area (Å²) in [5.41, 5.74) is 4.72. The van der Waals surface area contributed by atoms with E-state index in [1.54, 1.807) is 6.92 Å². The van der Waals surface area contributed by atoms with Crippen molar-refractivity contribution >= 4 is 11.6 Å². The van der Waals surface area contributed by atoms with E-state index < -0.39 is 0 Å². The second kappa shape index (κ2) is 4.96. The van der Waals surface area contributed by atoms with Crippen LogP contribution in [0.2, 0.25) is 0 Å². The Bertz CT molecular complexity index is 344. The molecule has 2 heteroatoms. The van der Waals surface area contributed by atoms with E-state index in [9.17, 15) is 4.79 Å². The molecule has 1 N–H and O–H groups in total. The van der Waals surface area contributed by atoms with Gasteiger partial charge in [0.15, 0.2) is 0 Å². The van der Waals surface area contributed by atoms with E-state index in [0.717, 1.165) is 18.5 Å². The fourth-order valence-electron chi connectivity index (χ4n) is 1.84. The maximum atomic E-state index is 11.1. The number of hydrogen-bond donors (Lipinski definition) is 1. The maximum Gasteiger partial charge on any atom is 0.221 e. The fourth-order valence-corrected chi connectivity index (χ4v) is 1.84. The van der Waals surface area contributed by atoms with Crippen molar-refractivity contribution in [3.05, 3.63) is 28.8 Å². The number of rotatable bonds is 3. The van der Waals surface area contributed by atoms with Crippen molar-refractivity contribution in [1.82, 2.24) is 0 Å². The van der Waals surface area contributed by atoms with E-state index in [4.69, 9.17) is 0 Å². The second-order valence-corrected chi connectivity index (χ2v) is 3.85. The number of carbonyl (C=O) groups excluding carboxylic acids is 1. The van der Waals surface area contributed by atoms with Crippen LogP contribution in [0.3, 0.4) is 0 Å². The molecule has 82 valence electrons. The Labute approximate surface area is 91.7 Å². The molecule has 0 spiro atoms. The summed E-state index contributed by atoms with van der Waals surface area (Å²) in [6.45, 7) is 7.87. The summed E-state index contributed by atoms with van der Waals surface area (Å²) in [6, 6.07) is 4.29. The maximum absolute atomic E-state index is 11.1. The van der Waals surface area contributed by atoms with Crippen LogP contribution in [0, 0.1) is 6.92 Å². The Kier molecular flexibility index (Phi) is 3.89. The van der Waals surface area contributed by atoms with Crippen molar-refractivity contribution in [1.29, 1.82) is 0 Å². The molecule has 0 aliphatic heterocycles. The molecule has 0 fully saturated rings. The smallest absolute Gasteiger partial charge is 0.221 e. The standard InChI is InChI=1S/C13H19NO/c1-5-11-7-9(3)8-12(6-2)13(11)14-10(4)15/h7-8H,5-6H2,1-4H3,(H,14,15). The topological polar surface area (TPSA) is 29.1 Å². The molecule has 2 nitrogen and oxygen atoms in total. The quantitative estimate of drug-likeness (QED) is 0.807. The predicted molar refractivity (Wildman–Crippen MR) is 64.2 cm³/mol. The zero-order chi connectivity index (χ0) is 11.4. The average molecular weight is 205 g/mol. The Morgan fingerprint density at radius 3 is 2.00 bits per heavy atom. The van der Waals surface area contributed by atoms with Gasteiger partial charge in [0.25, 0.3) is 0 Å². The van der Waals surface area contributed by atoms with Gasteiger partial charge in [0, 0.05) is 12.6 Å².